The number of aromatic nitrogens is 1. The molecule has 1 aromatic carbocycles. The first-order chi connectivity index (χ1) is 10.2. The van der Waals surface area contributed by atoms with E-state index in [4.69, 9.17) is 9.47 Å². The number of benzene rings is 1. The maximum atomic E-state index is 5.64. The van der Waals surface area contributed by atoms with Crippen LogP contribution in [0.1, 0.15) is 37.2 Å². The Morgan fingerprint density at radius 1 is 1.00 bits per heavy atom. The normalized spacial score (nSPS) is 16.3. The number of rotatable bonds is 4. The van der Waals surface area contributed by atoms with Gasteiger partial charge in [0.25, 0.3) is 0 Å². The second-order valence-corrected chi connectivity index (χ2v) is 5.27. The number of pyridine rings is 1. The van der Waals surface area contributed by atoms with Crippen molar-refractivity contribution in [2.24, 2.45) is 0 Å². The molecule has 0 spiro atoms. The van der Waals surface area contributed by atoms with Gasteiger partial charge in [-0.3, -0.25) is 4.98 Å². The highest BCUT2D eigenvalue weighted by atomic mass is 16.6. The molecule has 4 nitrogen and oxygen atoms in total. The quantitative estimate of drug-likeness (QED) is 0.936. The topological polar surface area (TPSA) is 43.4 Å². The molecule has 0 radical (unpaired) electrons. The molecule has 1 N–H and O–H groups in total. The molecular weight excluding hydrogens is 264 g/mol. The molecule has 2 heterocycles. The third-order valence-electron chi connectivity index (χ3n) is 3.70. The van der Waals surface area contributed by atoms with Crippen LogP contribution in [0.2, 0.25) is 0 Å². The fourth-order valence-corrected chi connectivity index (χ4v) is 2.52. The Hall–Kier alpha value is -2.07. The van der Waals surface area contributed by atoms with Crippen LogP contribution in [0.5, 0.6) is 11.5 Å². The van der Waals surface area contributed by atoms with Crippen LogP contribution < -0.4 is 14.8 Å². The van der Waals surface area contributed by atoms with Crippen molar-refractivity contribution in [2.45, 2.75) is 25.9 Å². The summed E-state index contributed by atoms with van der Waals surface area (Å²) in [6, 6.07) is 12.5. The monoisotopic (exact) mass is 284 g/mol. The van der Waals surface area contributed by atoms with Crippen LogP contribution in [0.4, 0.5) is 0 Å². The van der Waals surface area contributed by atoms with E-state index < -0.39 is 0 Å². The van der Waals surface area contributed by atoms with Crippen molar-refractivity contribution in [3.8, 4) is 11.5 Å². The number of ether oxygens (including phenoxy) is 2. The van der Waals surface area contributed by atoms with E-state index in [1.165, 1.54) is 5.56 Å². The zero-order valence-corrected chi connectivity index (χ0v) is 12.4. The fraction of sp³-hybridized carbons (Fsp3) is 0.353. The molecule has 110 valence electrons. The lowest BCUT2D eigenvalue weighted by Gasteiger charge is -2.23. The van der Waals surface area contributed by atoms with Crippen LogP contribution in [-0.2, 0) is 0 Å². The van der Waals surface area contributed by atoms with Gasteiger partial charge in [-0.2, -0.15) is 0 Å². The number of nitrogens with one attached hydrogen (secondary N) is 1. The first kappa shape index (κ1) is 13.9. The number of hydrogen-bond acceptors (Lipinski definition) is 4. The lowest BCUT2D eigenvalue weighted by atomic mass is 10.1. The average molecular weight is 284 g/mol. The van der Waals surface area contributed by atoms with Crippen molar-refractivity contribution in [3.05, 3.63) is 53.9 Å². The molecule has 21 heavy (non-hydrogen) atoms. The van der Waals surface area contributed by atoms with Gasteiger partial charge in [0.15, 0.2) is 11.5 Å². The predicted octanol–water partition coefficient (Wildman–Crippen LogP) is 3.26. The number of nitrogens with zero attached hydrogens (tertiary/aromatic N) is 1. The standard InChI is InChI=1S/C17H20N2O2/c1-12(19-13(2)15-5-3-4-8-18-15)14-6-7-16-17(11-14)21-10-9-20-16/h3-8,11-13,19H,9-10H2,1-2H3. The van der Waals surface area contributed by atoms with Gasteiger partial charge >= 0.3 is 0 Å². The van der Waals surface area contributed by atoms with Gasteiger partial charge in [0.1, 0.15) is 13.2 Å². The van der Waals surface area contributed by atoms with Gasteiger partial charge in [0.2, 0.25) is 0 Å². The molecule has 2 aromatic rings. The highest BCUT2D eigenvalue weighted by Crippen LogP contribution is 2.33. The summed E-state index contributed by atoms with van der Waals surface area (Å²) in [7, 11) is 0. The molecule has 3 rings (SSSR count). The molecule has 2 unspecified atom stereocenters. The van der Waals surface area contributed by atoms with Gasteiger partial charge in [0.05, 0.1) is 5.69 Å². The van der Waals surface area contributed by atoms with Gasteiger partial charge in [-0.15, -0.1) is 0 Å². The Balaban J connectivity index is 1.72. The second kappa shape index (κ2) is 6.14. The van der Waals surface area contributed by atoms with E-state index in [0.29, 0.717) is 13.2 Å². The third kappa shape index (κ3) is 3.16. The predicted molar refractivity (Wildman–Crippen MR) is 81.6 cm³/mol. The van der Waals surface area contributed by atoms with Gasteiger partial charge in [-0.05, 0) is 43.7 Å². The number of hydrogen-bond donors (Lipinski definition) is 1. The largest absolute Gasteiger partial charge is 0.486 e. The van der Waals surface area contributed by atoms with Crippen LogP contribution >= 0.6 is 0 Å². The van der Waals surface area contributed by atoms with Crippen molar-refractivity contribution in [1.82, 2.24) is 10.3 Å². The molecule has 0 saturated heterocycles. The Labute approximate surface area is 125 Å². The molecule has 1 aliphatic heterocycles. The second-order valence-electron chi connectivity index (χ2n) is 5.27. The summed E-state index contributed by atoms with van der Waals surface area (Å²) in [5, 5.41) is 3.56. The van der Waals surface area contributed by atoms with Crippen LogP contribution in [0.15, 0.2) is 42.6 Å². The highest BCUT2D eigenvalue weighted by molar-refractivity contribution is 5.44. The van der Waals surface area contributed by atoms with E-state index in [-0.39, 0.29) is 12.1 Å². The van der Waals surface area contributed by atoms with Gasteiger partial charge in [-0.1, -0.05) is 12.1 Å². The molecular formula is C17H20N2O2. The van der Waals surface area contributed by atoms with Gasteiger partial charge in [0, 0.05) is 18.3 Å². The first-order valence-corrected chi connectivity index (χ1v) is 7.30. The highest BCUT2D eigenvalue weighted by Gasteiger charge is 2.16. The number of fused-ring (bicyclic) bond motifs is 1. The zero-order valence-electron chi connectivity index (χ0n) is 12.4. The average Bonchev–Trinajstić information content (AvgIpc) is 2.55. The minimum atomic E-state index is 0.189. The summed E-state index contributed by atoms with van der Waals surface area (Å²) < 4.78 is 11.2. The molecule has 0 bridgehead atoms. The third-order valence-corrected chi connectivity index (χ3v) is 3.70. The van der Waals surface area contributed by atoms with Crippen LogP contribution in [-0.4, -0.2) is 18.2 Å². The van der Waals surface area contributed by atoms with E-state index in [1.807, 2.05) is 30.5 Å². The van der Waals surface area contributed by atoms with Crippen LogP contribution in [0, 0.1) is 0 Å². The molecule has 0 fully saturated rings. The van der Waals surface area contributed by atoms with Gasteiger partial charge < -0.3 is 14.8 Å². The summed E-state index contributed by atoms with van der Waals surface area (Å²) in [5.41, 5.74) is 2.23. The maximum Gasteiger partial charge on any atom is 0.161 e. The molecule has 0 aliphatic carbocycles. The van der Waals surface area contributed by atoms with E-state index in [1.54, 1.807) is 0 Å². The van der Waals surface area contributed by atoms with E-state index in [0.717, 1.165) is 17.2 Å². The molecule has 0 amide bonds. The molecule has 0 saturated carbocycles. The van der Waals surface area contributed by atoms with E-state index in [2.05, 4.69) is 36.3 Å². The summed E-state index contributed by atoms with van der Waals surface area (Å²) >= 11 is 0. The lowest BCUT2D eigenvalue weighted by molar-refractivity contribution is 0.171. The summed E-state index contributed by atoms with van der Waals surface area (Å²) in [5.74, 6) is 1.66. The van der Waals surface area contributed by atoms with Gasteiger partial charge in [-0.25, -0.2) is 0 Å². The molecule has 4 heteroatoms. The lowest BCUT2D eigenvalue weighted by Crippen LogP contribution is -2.23. The fourth-order valence-electron chi connectivity index (χ4n) is 2.52. The van der Waals surface area contributed by atoms with Crippen molar-refractivity contribution >= 4 is 0 Å². The Kier molecular flexibility index (Phi) is 4.06. The molecule has 1 aromatic heterocycles. The Morgan fingerprint density at radius 2 is 1.81 bits per heavy atom. The molecule has 2 atom stereocenters. The van der Waals surface area contributed by atoms with Crippen molar-refractivity contribution in [2.75, 3.05) is 13.2 Å². The summed E-state index contributed by atoms with van der Waals surface area (Å²) in [6.45, 7) is 5.50. The Morgan fingerprint density at radius 3 is 2.57 bits per heavy atom. The maximum absolute atomic E-state index is 5.64. The van der Waals surface area contributed by atoms with Crippen LogP contribution in [0.25, 0.3) is 0 Å². The zero-order chi connectivity index (χ0) is 14.7. The van der Waals surface area contributed by atoms with Crippen molar-refractivity contribution in [3.63, 3.8) is 0 Å². The summed E-state index contributed by atoms with van der Waals surface area (Å²) in [4.78, 5) is 4.39. The first-order valence-electron chi connectivity index (χ1n) is 7.30. The smallest absolute Gasteiger partial charge is 0.161 e. The van der Waals surface area contributed by atoms with Crippen LogP contribution in [0.3, 0.4) is 0 Å². The van der Waals surface area contributed by atoms with Crippen molar-refractivity contribution in [1.29, 1.82) is 0 Å². The van der Waals surface area contributed by atoms with Crippen molar-refractivity contribution < 1.29 is 9.47 Å². The Bertz CT molecular complexity index is 601. The SMILES string of the molecule is CC(NC(C)c1ccccn1)c1ccc2c(c1)OCCO2. The summed E-state index contributed by atoms with van der Waals surface area (Å²) in [6.07, 6.45) is 1.82. The minimum absolute atomic E-state index is 0.189. The van der Waals surface area contributed by atoms with E-state index >= 15 is 0 Å². The van der Waals surface area contributed by atoms with E-state index in [9.17, 15) is 0 Å². The molecule has 1 aliphatic rings. The minimum Gasteiger partial charge on any atom is -0.486 e.